The van der Waals surface area contributed by atoms with Crippen LogP contribution in [0.1, 0.15) is 11.7 Å². The largest absolute Gasteiger partial charge is 0.484 e. The van der Waals surface area contributed by atoms with Crippen molar-refractivity contribution < 1.29 is 14.6 Å². The van der Waals surface area contributed by atoms with E-state index in [4.69, 9.17) is 4.74 Å². The lowest BCUT2D eigenvalue weighted by atomic mass is 10.1. The zero-order chi connectivity index (χ0) is 16.9. The van der Waals surface area contributed by atoms with Crippen LogP contribution in [-0.2, 0) is 11.8 Å². The average Bonchev–Trinajstić information content (AvgIpc) is 2.99. The number of hydrogen-bond donors (Lipinski definition) is 2. The number of carbonyl (C=O) groups is 1. The van der Waals surface area contributed by atoms with Crippen LogP contribution in [0.5, 0.6) is 5.75 Å². The normalized spacial score (nSPS) is 12.1. The Morgan fingerprint density at radius 2 is 2.00 bits per heavy atom. The Kier molecular flexibility index (Phi) is 4.82. The smallest absolute Gasteiger partial charge is 0.258 e. The Bertz CT molecular complexity index is 827. The molecule has 0 saturated carbocycles. The third-order valence-electron chi connectivity index (χ3n) is 3.90. The molecule has 0 aliphatic carbocycles. The van der Waals surface area contributed by atoms with Crippen molar-refractivity contribution in [2.45, 2.75) is 6.10 Å². The van der Waals surface area contributed by atoms with Crippen molar-refractivity contribution in [3.8, 4) is 5.75 Å². The van der Waals surface area contributed by atoms with Gasteiger partial charge in [-0.1, -0.05) is 24.3 Å². The number of benzene rings is 2. The number of ether oxygens (including phenoxy) is 1. The van der Waals surface area contributed by atoms with Gasteiger partial charge in [0.15, 0.2) is 6.61 Å². The highest BCUT2D eigenvalue weighted by Gasteiger charge is 2.11. The van der Waals surface area contributed by atoms with E-state index in [-0.39, 0.29) is 19.1 Å². The van der Waals surface area contributed by atoms with Crippen molar-refractivity contribution in [3.63, 3.8) is 0 Å². The van der Waals surface area contributed by atoms with Crippen LogP contribution in [0.3, 0.4) is 0 Å². The van der Waals surface area contributed by atoms with Gasteiger partial charge in [-0.15, -0.1) is 0 Å². The molecule has 0 saturated heterocycles. The number of fused-ring (bicyclic) bond motifs is 1. The van der Waals surface area contributed by atoms with Gasteiger partial charge >= 0.3 is 0 Å². The highest BCUT2D eigenvalue weighted by atomic mass is 16.5. The minimum Gasteiger partial charge on any atom is -0.484 e. The molecule has 0 bridgehead atoms. The zero-order valence-corrected chi connectivity index (χ0v) is 13.5. The van der Waals surface area contributed by atoms with E-state index in [2.05, 4.69) is 5.32 Å². The maximum Gasteiger partial charge on any atom is 0.258 e. The van der Waals surface area contributed by atoms with Crippen molar-refractivity contribution >= 4 is 16.8 Å². The predicted octanol–water partition coefficient (Wildman–Crippen LogP) is 2.41. The SMILES string of the molecule is Cn1ccc2cc(C(O)CNC(=O)COc3ccccc3)ccc21. The summed E-state index contributed by atoms with van der Waals surface area (Å²) in [4.78, 5) is 11.8. The molecule has 1 unspecified atom stereocenters. The van der Waals surface area contributed by atoms with Gasteiger partial charge < -0.3 is 19.7 Å². The lowest BCUT2D eigenvalue weighted by Gasteiger charge is -2.13. The molecule has 0 aliphatic heterocycles. The Labute approximate surface area is 140 Å². The van der Waals surface area contributed by atoms with Crippen molar-refractivity contribution in [1.29, 1.82) is 0 Å². The fourth-order valence-electron chi connectivity index (χ4n) is 2.55. The third-order valence-corrected chi connectivity index (χ3v) is 3.90. The molecule has 1 heterocycles. The summed E-state index contributed by atoms with van der Waals surface area (Å²) in [5, 5.41) is 14.0. The number of hydrogen-bond acceptors (Lipinski definition) is 3. The number of aliphatic hydroxyl groups is 1. The second kappa shape index (κ2) is 7.19. The summed E-state index contributed by atoms with van der Waals surface area (Å²) in [6.07, 6.45) is 1.22. The maximum absolute atomic E-state index is 11.8. The summed E-state index contributed by atoms with van der Waals surface area (Å²) in [6, 6.07) is 16.9. The maximum atomic E-state index is 11.8. The van der Waals surface area contributed by atoms with Crippen LogP contribution >= 0.6 is 0 Å². The number of para-hydroxylation sites is 1. The lowest BCUT2D eigenvalue weighted by molar-refractivity contribution is -0.123. The number of nitrogens with zero attached hydrogens (tertiary/aromatic N) is 1. The first-order chi connectivity index (χ1) is 11.6. The second-order valence-corrected chi connectivity index (χ2v) is 5.67. The van der Waals surface area contributed by atoms with Gasteiger partial charge in [-0.3, -0.25) is 4.79 Å². The molecule has 1 amide bonds. The highest BCUT2D eigenvalue weighted by molar-refractivity contribution is 5.81. The number of aromatic nitrogens is 1. The zero-order valence-electron chi connectivity index (χ0n) is 13.5. The number of amides is 1. The minimum atomic E-state index is -0.754. The molecule has 0 spiro atoms. The van der Waals surface area contributed by atoms with Crippen LogP contribution in [0.25, 0.3) is 10.9 Å². The van der Waals surface area contributed by atoms with E-state index in [9.17, 15) is 9.90 Å². The first-order valence-electron chi connectivity index (χ1n) is 7.81. The lowest BCUT2D eigenvalue weighted by Crippen LogP contribution is -2.32. The van der Waals surface area contributed by atoms with E-state index in [1.165, 1.54) is 0 Å². The predicted molar refractivity (Wildman–Crippen MR) is 92.8 cm³/mol. The van der Waals surface area contributed by atoms with Gasteiger partial charge in [0, 0.05) is 25.3 Å². The summed E-state index contributed by atoms with van der Waals surface area (Å²) in [5.41, 5.74) is 1.88. The summed E-state index contributed by atoms with van der Waals surface area (Å²) < 4.78 is 7.39. The average molecular weight is 324 g/mol. The molecule has 124 valence electrons. The Hall–Kier alpha value is -2.79. The monoisotopic (exact) mass is 324 g/mol. The molecule has 3 rings (SSSR count). The van der Waals surface area contributed by atoms with E-state index >= 15 is 0 Å². The van der Waals surface area contributed by atoms with Gasteiger partial charge in [0.25, 0.3) is 5.91 Å². The topological polar surface area (TPSA) is 63.5 Å². The van der Waals surface area contributed by atoms with E-state index in [1.54, 1.807) is 12.1 Å². The first-order valence-corrected chi connectivity index (χ1v) is 7.81. The third kappa shape index (κ3) is 3.75. The second-order valence-electron chi connectivity index (χ2n) is 5.67. The van der Waals surface area contributed by atoms with Crippen molar-refractivity contribution in [2.24, 2.45) is 7.05 Å². The first kappa shape index (κ1) is 16.1. The van der Waals surface area contributed by atoms with Crippen LogP contribution < -0.4 is 10.1 Å². The standard InChI is InChI=1S/C19H20N2O3/c1-21-10-9-14-11-15(7-8-17(14)21)18(22)12-20-19(23)13-24-16-5-3-2-4-6-16/h2-11,18,22H,12-13H2,1H3,(H,20,23). The van der Waals surface area contributed by atoms with Crippen molar-refractivity contribution in [2.75, 3.05) is 13.2 Å². The van der Waals surface area contributed by atoms with E-state index in [1.807, 2.05) is 60.3 Å². The number of aliphatic hydroxyl groups excluding tert-OH is 1. The fraction of sp³-hybridized carbons (Fsp3) is 0.211. The molecule has 2 aromatic carbocycles. The van der Waals surface area contributed by atoms with Crippen LogP contribution in [0.2, 0.25) is 0 Å². The molecule has 5 nitrogen and oxygen atoms in total. The molecule has 3 aromatic rings. The quantitative estimate of drug-likeness (QED) is 0.732. The molecule has 0 radical (unpaired) electrons. The summed E-state index contributed by atoms with van der Waals surface area (Å²) in [7, 11) is 1.98. The molecule has 0 aliphatic rings. The number of nitrogens with one attached hydrogen (secondary N) is 1. The Balaban J connectivity index is 1.52. The van der Waals surface area contributed by atoms with Crippen molar-refractivity contribution in [1.82, 2.24) is 9.88 Å². The van der Waals surface area contributed by atoms with Gasteiger partial charge in [0.05, 0.1) is 6.10 Å². The van der Waals surface area contributed by atoms with E-state index < -0.39 is 6.10 Å². The van der Waals surface area contributed by atoms with Gasteiger partial charge in [0.2, 0.25) is 0 Å². The number of carbonyl (C=O) groups excluding carboxylic acids is 1. The molecule has 1 atom stereocenters. The number of rotatable bonds is 6. The molecule has 0 fully saturated rings. The highest BCUT2D eigenvalue weighted by Crippen LogP contribution is 2.20. The van der Waals surface area contributed by atoms with Crippen molar-refractivity contribution in [3.05, 3.63) is 66.4 Å². The van der Waals surface area contributed by atoms with Gasteiger partial charge in [-0.05, 0) is 41.3 Å². The van der Waals surface area contributed by atoms with Crippen LogP contribution in [0.15, 0.2) is 60.8 Å². The van der Waals surface area contributed by atoms with Gasteiger partial charge in [-0.2, -0.15) is 0 Å². The van der Waals surface area contributed by atoms with E-state index in [0.717, 1.165) is 16.5 Å². The van der Waals surface area contributed by atoms with Crippen LogP contribution in [0.4, 0.5) is 0 Å². The molecular formula is C19H20N2O3. The summed E-state index contributed by atoms with van der Waals surface area (Å²) >= 11 is 0. The number of aryl methyl sites for hydroxylation is 1. The Morgan fingerprint density at radius 3 is 2.79 bits per heavy atom. The summed E-state index contributed by atoms with van der Waals surface area (Å²) in [5.74, 6) is 0.376. The Morgan fingerprint density at radius 1 is 1.21 bits per heavy atom. The molecule has 24 heavy (non-hydrogen) atoms. The van der Waals surface area contributed by atoms with Crippen LogP contribution in [0, 0.1) is 0 Å². The van der Waals surface area contributed by atoms with Gasteiger partial charge in [-0.25, -0.2) is 0 Å². The molecule has 2 N–H and O–H groups in total. The fourth-order valence-corrected chi connectivity index (χ4v) is 2.55. The van der Waals surface area contributed by atoms with Crippen LogP contribution in [-0.4, -0.2) is 28.7 Å². The molecule has 5 heteroatoms. The van der Waals surface area contributed by atoms with E-state index in [0.29, 0.717) is 5.75 Å². The molecular weight excluding hydrogens is 304 g/mol. The summed E-state index contributed by atoms with van der Waals surface area (Å²) in [6.45, 7) is 0.0732. The molecule has 1 aromatic heterocycles. The minimum absolute atomic E-state index is 0.0749. The van der Waals surface area contributed by atoms with Gasteiger partial charge in [0.1, 0.15) is 5.75 Å².